The van der Waals surface area contributed by atoms with E-state index in [1.807, 2.05) is 0 Å². The van der Waals surface area contributed by atoms with Gasteiger partial charge in [0.1, 0.15) is 0 Å². The fourth-order valence-electron chi connectivity index (χ4n) is 2.65. The number of nitrogens with zero attached hydrogens (tertiary/aromatic N) is 1. The first-order valence-corrected chi connectivity index (χ1v) is 9.93. The topological polar surface area (TPSA) is 40.1 Å². The van der Waals surface area contributed by atoms with Crippen LogP contribution in [0.25, 0.3) is 0 Å². The lowest BCUT2D eigenvalue weighted by atomic mass is 10.1. The maximum Gasteiger partial charge on any atom is 0.0780 e. The number of carbonyl (C=O) groups is 1. The SMILES string of the molecule is CCCCCCCCCCCC[N+](C)(C)C.O=C([O-])c1ccccc1. The van der Waals surface area contributed by atoms with E-state index < -0.39 is 5.97 Å². The second-order valence-electron chi connectivity index (χ2n) is 7.85. The van der Waals surface area contributed by atoms with Crippen molar-refractivity contribution in [3.63, 3.8) is 0 Å². The molecule has 0 aliphatic carbocycles. The van der Waals surface area contributed by atoms with Crippen LogP contribution in [-0.2, 0) is 0 Å². The van der Waals surface area contributed by atoms with Gasteiger partial charge in [0.05, 0.1) is 33.7 Å². The monoisotopic (exact) mass is 349 g/mol. The van der Waals surface area contributed by atoms with Crippen LogP contribution >= 0.6 is 0 Å². The molecule has 0 atom stereocenters. The number of carboxylic acids is 1. The first kappa shape index (κ1) is 23.6. The fraction of sp³-hybridized carbons (Fsp3) is 0.682. The second kappa shape index (κ2) is 14.9. The molecule has 0 aliphatic heterocycles. The zero-order valence-corrected chi connectivity index (χ0v) is 16.9. The van der Waals surface area contributed by atoms with Crippen molar-refractivity contribution < 1.29 is 14.4 Å². The Bertz CT molecular complexity index is 423. The highest BCUT2D eigenvalue weighted by molar-refractivity contribution is 5.85. The van der Waals surface area contributed by atoms with Crippen LogP contribution in [0.1, 0.15) is 81.5 Å². The first-order chi connectivity index (χ1) is 11.9. The first-order valence-electron chi connectivity index (χ1n) is 9.93. The van der Waals surface area contributed by atoms with Crippen LogP contribution in [0.3, 0.4) is 0 Å². The number of rotatable bonds is 12. The van der Waals surface area contributed by atoms with Gasteiger partial charge in [-0.2, -0.15) is 0 Å². The lowest BCUT2D eigenvalue weighted by Crippen LogP contribution is -2.35. The van der Waals surface area contributed by atoms with E-state index in [4.69, 9.17) is 0 Å². The summed E-state index contributed by atoms with van der Waals surface area (Å²) in [5, 5.41) is 10.1. The quantitative estimate of drug-likeness (QED) is 0.406. The Morgan fingerprint density at radius 2 is 1.24 bits per heavy atom. The molecule has 25 heavy (non-hydrogen) atoms. The van der Waals surface area contributed by atoms with Gasteiger partial charge in [-0.05, 0) is 18.4 Å². The molecule has 0 aliphatic rings. The molecule has 144 valence electrons. The molecule has 0 saturated carbocycles. The number of quaternary nitrogens is 1. The molecule has 0 bridgehead atoms. The molecular formula is C22H39NO2. The van der Waals surface area contributed by atoms with Crippen LogP contribution in [-0.4, -0.2) is 38.1 Å². The fourth-order valence-corrected chi connectivity index (χ4v) is 2.65. The number of carboxylic acid groups (broad SMARTS) is 1. The molecule has 0 N–H and O–H groups in total. The average Bonchev–Trinajstić information content (AvgIpc) is 2.57. The molecule has 1 rings (SSSR count). The van der Waals surface area contributed by atoms with Crippen molar-refractivity contribution in [3.05, 3.63) is 35.9 Å². The van der Waals surface area contributed by atoms with Gasteiger partial charge in [-0.3, -0.25) is 0 Å². The second-order valence-corrected chi connectivity index (χ2v) is 7.85. The van der Waals surface area contributed by atoms with Crippen molar-refractivity contribution in [2.24, 2.45) is 0 Å². The highest BCUT2D eigenvalue weighted by Gasteiger charge is 2.04. The van der Waals surface area contributed by atoms with E-state index in [1.165, 1.54) is 82.9 Å². The van der Waals surface area contributed by atoms with Crippen molar-refractivity contribution in [2.45, 2.75) is 71.1 Å². The van der Waals surface area contributed by atoms with Crippen LogP contribution in [0.15, 0.2) is 30.3 Å². The van der Waals surface area contributed by atoms with Gasteiger partial charge in [0.25, 0.3) is 0 Å². The van der Waals surface area contributed by atoms with Crippen molar-refractivity contribution >= 4 is 5.97 Å². The van der Waals surface area contributed by atoms with Gasteiger partial charge in [0.15, 0.2) is 0 Å². The molecule has 3 heteroatoms. The number of unbranched alkanes of at least 4 members (excludes halogenated alkanes) is 9. The van der Waals surface area contributed by atoms with Gasteiger partial charge in [0.2, 0.25) is 0 Å². The largest absolute Gasteiger partial charge is 0.545 e. The van der Waals surface area contributed by atoms with E-state index in [-0.39, 0.29) is 5.56 Å². The highest BCUT2D eigenvalue weighted by atomic mass is 16.4. The number of carbonyl (C=O) groups excluding carboxylic acids is 1. The summed E-state index contributed by atoms with van der Waals surface area (Å²) in [5.74, 6) is -1.13. The summed E-state index contributed by atoms with van der Waals surface area (Å²) >= 11 is 0. The lowest BCUT2D eigenvalue weighted by molar-refractivity contribution is -0.870. The van der Waals surface area contributed by atoms with Gasteiger partial charge in [-0.1, -0.05) is 88.6 Å². The summed E-state index contributed by atoms with van der Waals surface area (Å²) in [4.78, 5) is 10.1. The zero-order valence-electron chi connectivity index (χ0n) is 16.9. The normalized spacial score (nSPS) is 10.9. The van der Waals surface area contributed by atoms with Gasteiger partial charge in [-0.15, -0.1) is 0 Å². The van der Waals surface area contributed by atoms with E-state index >= 15 is 0 Å². The summed E-state index contributed by atoms with van der Waals surface area (Å²) in [5.41, 5.74) is 0.220. The van der Waals surface area contributed by atoms with Crippen molar-refractivity contribution in [3.8, 4) is 0 Å². The summed E-state index contributed by atoms with van der Waals surface area (Å²) in [6.07, 6.45) is 14.4. The van der Waals surface area contributed by atoms with Crippen LogP contribution in [0.4, 0.5) is 0 Å². The van der Waals surface area contributed by atoms with Gasteiger partial charge >= 0.3 is 0 Å². The van der Waals surface area contributed by atoms with Gasteiger partial charge in [0, 0.05) is 0 Å². The molecule has 3 nitrogen and oxygen atoms in total. The summed E-state index contributed by atoms with van der Waals surface area (Å²) < 4.78 is 1.12. The highest BCUT2D eigenvalue weighted by Crippen LogP contribution is 2.11. The Hall–Kier alpha value is -1.35. The van der Waals surface area contributed by atoms with Crippen LogP contribution in [0, 0.1) is 0 Å². The third kappa shape index (κ3) is 17.3. The van der Waals surface area contributed by atoms with E-state index in [1.54, 1.807) is 18.2 Å². The molecule has 0 unspecified atom stereocenters. The Morgan fingerprint density at radius 3 is 1.60 bits per heavy atom. The molecule has 0 spiro atoms. The minimum Gasteiger partial charge on any atom is -0.545 e. The Morgan fingerprint density at radius 1 is 0.800 bits per heavy atom. The van der Waals surface area contributed by atoms with E-state index in [0.717, 1.165) is 4.48 Å². The van der Waals surface area contributed by atoms with E-state index in [2.05, 4.69) is 28.1 Å². The number of aromatic carboxylic acids is 1. The number of benzene rings is 1. The third-order valence-electron chi connectivity index (χ3n) is 4.19. The molecule has 0 radical (unpaired) electrons. The maximum absolute atomic E-state index is 10.1. The van der Waals surface area contributed by atoms with Crippen LogP contribution in [0.5, 0.6) is 0 Å². The Balaban J connectivity index is 0.000000535. The molecule has 0 aromatic heterocycles. The molecule has 0 heterocycles. The Labute approximate surface area is 155 Å². The zero-order chi connectivity index (χ0) is 19.0. The summed E-state index contributed by atoms with van der Waals surface area (Å²) in [6, 6.07) is 8.06. The lowest BCUT2D eigenvalue weighted by Gasteiger charge is -2.23. The predicted octanol–water partition coefficient (Wildman–Crippen LogP) is 4.66. The predicted molar refractivity (Wildman–Crippen MR) is 106 cm³/mol. The Kier molecular flexibility index (Phi) is 14.1. The summed E-state index contributed by atoms with van der Waals surface area (Å²) in [7, 11) is 6.86. The minimum atomic E-state index is -1.13. The summed E-state index contributed by atoms with van der Waals surface area (Å²) in [6.45, 7) is 3.62. The van der Waals surface area contributed by atoms with Crippen LogP contribution < -0.4 is 5.11 Å². The molecular weight excluding hydrogens is 310 g/mol. The van der Waals surface area contributed by atoms with Crippen LogP contribution in [0.2, 0.25) is 0 Å². The number of hydrogen-bond acceptors (Lipinski definition) is 2. The molecule has 0 saturated heterocycles. The standard InChI is InChI=1S/C15H34N.C7H6O2/c1-5-6-7-8-9-10-11-12-13-14-15-16(2,3)4;8-7(9)6-4-2-1-3-5-6/h5-15H2,1-4H3;1-5H,(H,8,9)/q+1;/p-1. The van der Waals surface area contributed by atoms with E-state index in [9.17, 15) is 9.90 Å². The maximum atomic E-state index is 10.1. The molecule has 1 aromatic rings. The minimum absolute atomic E-state index is 0.220. The average molecular weight is 350 g/mol. The van der Waals surface area contributed by atoms with Gasteiger partial charge < -0.3 is 14.4 Å². The molecule has 1 aromatic carbocycles. The van der Waals surface area contributed by atoms with Crippen molar-refractivity contribution in [1.29, 1.82) is 0 Å². The molecule has 0 fully saturated rings. The van der Waals surface area contributed by atoms with Gasteiger partial charge in [-0.25, -0.2) is 0 Å². The third-order valence-corrected chi connectivity index (χ3v) is 4.19. The smallest absolute Gasteiger partial charge is 0.0780 e. The van der Waals surface area contributed by atoms with Crippen molar-refractivity contribution in [1.82, 2.24) is 0 Å². The van der Waals surface area contributed by atoms with E-state index in [0.29, 0.717) is 0 Å². The van der Waals surface area contributed by atoms with Crippen molar-refractivity contribution in [2.75, 3.05) is 27.7 Å². The molecule has 0 amide bonds. The number of hydrogen-bond donors (Lipinski definition) is 0.